The molecule has 23 heavy (non-hydrogen) atoms. The van der Waals surface area contributed by atoms with Gasteiger partial charge >= 0.3 is 11.9 Å². The number of carbonyl (C=O) groups excluding carboxylic acids is 2. The highest BCUT2D eigenvalue weighted by atomic mass is 16.5. The molecule has 1 N–H and O–H groups in total. The predicted molar refractivity (Wildman–Crippen MR) is 88.6 cm³/mol. The minimum absolute atomic E-state index is 0.250. The standard InChI is InChI=1S/C19H31NO3/c1-3-5-14(11-20-18(21)19(22)23-4-2)17-15-7-12-6-13(9-15)10-16(17)8-12/h12-17H,3-11H2,1-2H3,(H,20,21). The van der Waals surface area contributed by atoms with E-state index in [1.165, 1.54) is 32.1 Å². The van der Waals surface area contributed by atoms with Gasteiger partial charge in [-0.1, -0.05) is 13.3 Å². The molecule has 1 amide bonds. The van der Waals surface area contributed by atoms with E-state index in [2.05, 4.69) is 12.2 Å². The Morgan fingerprint density at radius 2 is 1.65 bits per heavy atom. The molecule has 0 radical (unpaired) electrons. The van der Waals surface area contributed by atoms with Gasteiger partial charge in [-0.15, -0.1) is 0 Å². The van der Waals surface area contributed by atoms with E-state index >= 15 is 0 Å². The Labute approximate surface area is 139 Å². The van der Waals surface area contributed by atoms with Crippen LogP contribution in [0.25, 0.3) is 0 Å². The summed E-state index contributed by atoms with van der Waals surface area (Å²) in [4.78, 5) is 23.3. The van der Waals surface area contributed by atoms with E-state index in [4.69, 9.17) is 4.74 Å². The van der Waals surface area contributed by atoms with E-state index in [1.807, 2.05) is 0 Å². The quantitative estimate of drug-likeness (QED) is 0.604. The molecule has 4 aliphatic rings. The molecule has 4 aliphatic carbocycles. The van der Waals surface area contributed by atoms with Crippen LogP contribution in [0.1, 0.15) is 58.8 Å². The maximum Gasteiger partial charge on any atom is 0.396 e. The maximum atomic E-state index is 11.8. The molecule has 130 valence electrons. The Kier molecular flexibility index (Phi) is 5.27. The summed E-state index contributed by atoms with van der Waals surface area (Å²) in [6.45, 7) is 4.83. The lowest BCUT2D eigenvalue weighted by Crippen LogP contribution is -2.50. The third-order valence-corrected chi connectivity index (χ3v) is 6.49. The highest BCUT2D eigenvalue weighted by Crippen LogP contribution is 2.58. The monoisotopic (exact) mass is 321 g/mol. The lowest BCUT2D eigenvalue weighted by atomic mass is 9.49. The van der Waals surface area contributed by atoms with Crippen LogP contribution in [0, 0.1) is 35.5 Å². The first-order valence-corrected chi connectivity index (χ1v) is 9.57. The first-order valence-electron chi connectivity index (χ1n) is 9.57. The fraction of sp³-hybridized carbons (Fsp3) is 0.895. The summed E-state index contributed by atoms with van der Waals surface area (Å²) in [6.07, 6.45) is 9.39. The third-order valence-electron chi connectivity index (χ3n) is 6.49. The zero-order valence-corrected chi connectivity index (χ0v) is 14.6. The second-order valence-corrected chi connectivity index (χ2v) is 7.99. The van der Waals surface area contributed by atoms with Crippen LogP contribution in [-0.2, 0) is 14.3 Å². The smallest absolute Gasteiger partial charge is 0.396 e. The van der Waals surface area contributed by atoms with Crippen LogP contribution in [0.3, 0.4) is 0 Å². The number of nitrogens with one attached hydrogen (secondary N) is 1. The van der Waals surface area contributed by atoms with Crippen LogP contribution in [0.5, 0.6) is 0 Å². The fourth-order valence-corrected chi connectivity index (χ4v) is 6.03. The largest absolute Gasteiger partial charge is 0.459 e. The van der Waals surface area contributed by atoms with E-state index in [-0.39, 0.29) is 6.61 Å². The van der Waals surface area contributed by atoms with Crippen molar-refractivity contribution < 1.29 is 14.3 Å². The zero-order valence-electron chi connectivity index (χ0n) is 14.6. The summed E-state index contributed by atoms with van der Waals surface area (Å²) in [5.41, 5.74) is 0. The molecule has 4 rings (SSSR count). The normalized spacial score (nSPS) is 35.8. The second kappa shape index (κ2) is 7.23. The maximum absolute atomic E-state index is 11.8. The predicted octanol–water partition coefficient (Wildman–Crippen LogP) is 3.15. The number of rotatable bonds is 6. The molecule has 0 spiro atoms. The van der Waals surface area contributed by atoms with Crippen molar-refractivity contribution in [3.05, 3.63) is 0 Å². The summed E-state index contributed by atoms with van der Waals surface area (Å²) in [7, 11) is 0. The summed E-state index contributed by atoms with van der Waals surface area (Å²) in [5, 5.41) is 2.85. The first-order chi connectivity index (χ1) is 11.1. The minimum Gasteiger partial charge on any atom is -0.459 e. The molecular weight excluding hydrogens is 290 g/mol. The van der Waals surface area contributed by atoms with Gasteiger partial charge in [-0.05, 0) is 81.0 Å². The molecule has 4 bridgehead atoms. The number of hydrogen-bond acceptors (Lipinski definition) is 3. The molecule has 0 heterocycles. The van der Waals surface area contributed by atoms with Crippen molar-refractivity contribution in [3.8, 4) is 0 Å². The van der Waals surface area contributed by atoms with Gasteiger partial charge < -0.3 is 10.1 Å². The van der Waals surface area contributed by atoms with Gasteiger partial charge in [0.05, 0.1) is 6.61 Å². The molecule has 4 heteroatoms. The van der Waals surface area contributed by atoms with Gasteiger partial charge in [0, 0.05) is 6.54 Å². The van der Waals surface area contributed by atoms with Gasteiger partial charge in [-0.25, -0.2) is 4.79 Å². The molecule has 4 fully saturated rings. The molecule has 0 aromatic heterocycles. The van der Waals surface area contributed by atoms with Crippen LogP contribution in [-0.4, -0.2) is 25.0 Å². The second-order valence-electron chi connectivity index (χ2n) is 7.99. The van der Waals surface area contributed by atoms with Crippen LogP contribution in [0.2, 0.25) is 0 Å². The van der Waals surface area contributed by atoms with Crippen molar-refractivity contribution in [3.63, 3.8) is 0 Å². The molecule has 0 aliphatic heterocycles. The van der Waals surface area contributed by atoms with Crippen molar-refractivity contribution in [1.82, 2.24) is 5.32 Å². The Balaban J connectivity index is 1.60. The average Bonchev–Trinajstić information content (AvgIpc) is 2.51. The van der Waals surface area contributed by atoms with Crippen molar-refractivity contribution >= 4 is 11.9 Å². The molecular formula is C19H31NO3. The number of esters is 1. The number of ether oxygens (including phenoxy) is 1. The van der Waals surface area contributed by atoms with Crippen LogP contribution < -0.4 is 5.32 Å². The molecule has 0 aromatic carbocycles. The van der Waals surface area contributed by atoms with Gasteiger partial charge in [-0.2, -0.15) is 0 Å². The van der Waals surface area contributed by atoms with Crippen LogP contribution in [0.15, 0.2) is 0 Å². The Bertz CT molecular complexity index is 420. The Morgan fingerprint density at radius 3 is 2.17 bits per heavy atom. The first kappa shape index (κ1) is 16.8. The van der Waals surface area contributed by atoms with E-state index in [0.717, 1.165) is 42.4 Å². The Morgan fingerprint density at radius 1 is 1.04 bits per heavy atom. The third kappa shape index (κ3) is 3.56. The van der Waals surface area contributed by atoms with Gasteiger partial charge in [0.15, 0.2) is 0 Å². The molecule has 4 nitrogen and oxygen atoms in total. The number of carbonyl (C=O) groups is 2. The minimum atomic E-state index is -0.743. The van der Waals surface area contributed by atoms with E-state index < -0.39 is 11.9 Å². The van der Waals surface area contributed by atoms with Crippen LogP contribution in [0.4, 0.5) is 0 Å². The lowest BCUT2D eigenvalue weighted by molar-refractivity contribution is -0.154. The van der Waals surface area contributed by atoms with E-state index in [1.54, 1.807) is 6.92 Å². The summed E-state index contributed by atoms with van der Waals surface area (Å²) < 4.78 is 4.78. The van der Waals surface area contributed by atoms with Crippen molar-refractivity contribution in [2.24, 2.45) is 35.5 Å². The van der Waals surface area contributed by atoms with Crippen LogP contribution >= 0.6 is 0 Å². The summed E-state index contributed by atoms with van der Waals surface area (Å²) in [5.74, 6) is 3.64. The Hall–Kier alpha value is -1.06. The highest BCUT2D eigenvalue weighted by Gasteiger charge is 2.50. The molecule has 0 saturated heterocycles. The number of hydrogen-bond donors (Lipinski definition) is 1. The molecule has 4 saturated carbocycles. The molecule has 1 unspecified atom stereocenters. The number of amides is 1. The summed E-state index contributed by atoms with van der Waals surface area (Å²) in [6, 6.07) is 0. The summed E-state index contributed by atoms with van der Waals surface area (Å²) >= 11 is 0. The lowest BCUT2D eigenvalue weighted by Gasteiger charge is -2.56. The average molecular weight is 321 g/mol. The van der Waals surface area contributed by atoms with E-state index in [9.17, 15) is 9.59 Å². The van der Waals surface area contributed by atoms with Crippen molar-refractivity contribution in [2.75, 3.05) is 13.2 Å². The molecule has 0 aromatic rings. The van der Waals surface area contributed by atoms with Crippen molar-refractivity contribution in [2.45, 2.75) is 58.8 Å². The zero-order chi connectivity index (χ0) is 16.4. The topological polar surface area (TPSA) is 55.4 Å². The molecule has 1 atom stereocenters. The van der Waals surface area contributed by atoms with Gasteiger partial charge in [0.2, 0.25) is 0 Å². The SMILES string of the molecule is CCCC(CNC(=O)C(=O)OCC)C1C2CC3CC(C2)CC1C3. The highest BCUT2D eigenvalue weighted by molar-refractivity contribution is 6.32. The van der Waals surface area contributed by atoms with Gasteiger partial charge in [0.25, 0.3) is 0 Å². The van der Waals surface area contributed by atoms with Gasteiger partial charge in [0.1, 0.15) is 0 Å². The van der Waals surface area contributed by atoms with E-state index in [0.29, 0.717) is 12.5 Å². The fourth-order valence-electron chi connectivity index (χ4n) is 6.03. The van der Waals surface area contributed by atoms with Crippen molar-refractivity contribution in [1.29, 1.82) is 0 Å². The van der Waals surface area contributed by atoms with Gasteiger partial charge in [-0.3, -0.25) is 4.79 Å².